The van der Waals surface area contributed by atoms with Crippen LogP contribution in [0.25, 0.3) is 11.3 Å². The molecule has 0 radical (unpaired) electrons. The number of hydrogen-bond donors (Lipinski definition) is 0. The van der Waals surface area contributed by atoms with Crippen molar-refractivity contribution < 1.29 is 4.74 Å². The van der Waals surface area contributed by atoms with Gasteiger partial charge in [0.15, 0.2) is 0 Å². The number of piperidine rings is 1. The van der Waals surface area contributed by atoms with Crippen LogP contribution < -0.4 is 10.3 Å². The molecule has 5 nitrogen and oxygen atoms in total. The first-order chi connectivity index (χ1) is 11.8. The van der Waals surface area contributed by atoms with Gasteiger partial charge in [0.1, 0.15) is 5.75 Å². The van der Waals surface area contributed by atoms with Crippen molar-refractivity contribution in [1.82, 2.24) is 14.7 Å². The lowest BCUT2D eigenvalue weighted by atomic mass is 10.1. The van der Waals surface area contributed by atoms with Gasteiger partial charge >= 0.3 is 0 Å². The molecule has 0 spiro atoms. The van der Waals surface area contributed by atoms with Gasteiger partial charge in [0, 0.05) is 18.2 Å². The molecule has 1 aliphatic heterocycles. The molecule has 0 atom stereocenters. The molecule has 0 bridgehead atoms. The summed E-state index contributed by atoms with van der Waals surface area (Å²) in [6.45, 7) is 6.41. The number of ether oxygens (including phenoxy) is 1. The predicted octanol–water partition coefficient (Wildman–Crippen LogP) is 2.79. The van der Waals surface area contributed by atoms with Crippen LogP contribution in [0.5, 0.6) is 5.75 Å². The summed E-state index contributed by atoms with van der Waals surface area (Å²) in [5.41, 5.74) is 1.77. The second kappa shape index (κ2) is 8.11. The number of likely N-dealkylation sites (tertiary alicyclic amines) is 1. The van der Waals surface area contributed by atoms with Gasteiger partial charge in [0.25, 0.3) is 5.56 Å². The fourth-order valence-electron chi connectivity index (χ4n) is 3.07. The first kappa shape index (κ1) is 16.7. The Labute approximate surface area is 142 Å². The van der Waals surface area contributed by atoms with Gasteiger partial charge in [-0.2, -0.15) is 5.10 Å². The molecule has 128 valence electrons. The molecule has 1 aromatic carbocycles. The summed E-state index contributed by atoms with van der Waals surface area (Å²) in [5, 5.41) is 4.54. The summed E-state index contributed by atoms with van der Waals surface area (Å²) in [4.78, 5) is 14.5. The minimum Gasteiger partial charge on any atom is -0.494 e. The largest absolute Gasteiger partial charge is 0.494 e. The van der Waals surface area contributed by atoms with Gasteiger partial charge in [0.05, 0.1) is 18.8 Å². The van der Waals surface area contributed by atoms with E-state index in [1.807, 2.05) is 31.2 Å². The number of hydrogen-bond acceptors (Lipinski definition) is 4. The van der Waals surface area contributed by atoms with Crippen molar-refractivity contribution in [3.63, 3.8) is 0 Å². The summed E-state index contributed by atoms with van der Waals surface area (Å²) in [6, 6.07) is 11.2. The Kier molecular flexibility index (Phi) is 5.64. The molecule has 0 aliphatic carbocycles. The van der Waals surface area contributed by atoms with Gasteiger partial charge in [-0.1, -0.05) is 6.42 Å². The van der Waals surface area contributed by atoms with Gasteiger partial charge in [-0.05, 0) is 63.2 Å². The molecule has 1 saturated heterocycles. The summed E-state index contributed by atoms with van der Waals surface area (Å²) >= 11 is 0. The van der Waals surface area contributed by atoms with E-state index in [1.165, 1.54) is 19.3 Å². The van der Waals surface area contributed by atoms with E-state index in [-0.39, 0.29) is 5.56 Å². The second-order valence-corrected chi connectivity index (χ2v) is 6.14. The van der Waals surface area contributed by atoms with Crippen molar-refractivity contribution in [2.75, 3.05) is 26.2 Å². The fraction of sp³-hybridized carbons (Fsp3) is 0.474. The molecule has 0 N–H and O–H groups in total. The molecule has 3 rings (SSSR count). The van der Waals surface area contributed by atoms with Crippen molar-refractivity contribution in [1.29, 1.82) is 0 Å². The van der Waals surface area contributed by atoms with Crippen LogP contribution in [-0.2, 0) is 6.54 Å². The molecule has 1 aliphatic rings. The maximum absolute atomic E-state index is 12.1. The first-order valence-corrected chi connectivity index (χ1v) is 8.80. The third kappa shape index (κ3) is 4.23. The van der Waals surface area contributed by atoms with E-state index in [9.17, 15) is 4.79 Å². The number of rotatable bonds is 6. The highest BCUT2D eigenvalue weighted by atomic mass is 16.5. The molecule has 1 aromatic heterocycles. The van der Waals surface area contributed by atoms with Crippen molar-refractivity contribution in [2.24, 2.45) is 0 Å². The number of benzene rings is 1. The van der Waals surface area contributed by atoms with E-state index >= 15 is 0 Å². The van der Waals surface area contributed by atoms with Crippen molar-refractivity contribution in [2.45, 2.75) is 32.7 Å². The van der Waals surface area contributed by atoms with Crippen LogP contribution in [0.15, 0.2) is 41.2 Å². The van der Waals surface area contributed by atoms with Crippen LogP contribution in [-0.4, -0.2) is 40.9 Å². The van der Waals surface area contributed by atoms with E-state index < -0.39 is 0 Å². The standard InChI is InChI=1S/C19H25N3O2/c1-2-24-17-8-6-16(7-9-17)18-10-11-19(23)22(20-18)15-14-21-12-4-3-5-13-21/h6-11H,2-5,12-15H2,1H3. The third-order valence-corrected chi connectivity index (χ3v) is 4.40. The Morgan fingerprint density at radius 1 is 1.00 bits per heavy atom. The van der Waals surface area contributed by atoms with E-state index in [2.05, 4.69) is 10.00 Å². The SMILES string of the molecule is CCOc1ccc(-c2ccc(=O)n(CCN3CCCCC3)n2)cc1. The highest BCUT2D eigenvalue weighted by molar-refractivity contribution is 5.59. The molecule has 0 amide bonds. The number of nitrogens with zero attached hydrogens (tertiary/aromatic N) is 3. The smallest absolute Gasteiger partial charge is 0.266 e. The summed E-state index contributed by atoms with van der Waals surface area (Å²) in [7, 11) is 0. The zero-order valence-electron chi connectivity index (χ0n) is 14.3. The van der Waals surface area contributed by atoms with Crippen LogP contribution in [0.1, 0.15) is 26.2 Å². The Hall–Kier alpha value is -2.14. The Bertz CT molecular complexity index is 703. The van der Waals surface area contributed by atoms with E-state index in [0.717, 1.165) is 36.6 Å². The predicted molar refractivity (Wildman–Crippen MR) is 95.4 cm³/mol. The van der Waals surface area contributed by atoms with Crippen molar-refractivity contribution in [3.8, 4) is 17.0 Å². The van der Waals surface area contributed by atoms with Crippen LogP contribution in [0.4, 0.5) is 0 Å². The van der Waals surface area contributed by atoms with Crippen molar-refractivity contribution >= 4 is 0 Å². The maximum atomic E-state index is 12.1. The minimum absolute atomic E-state index is 0.0401. The van der Waals surface area contributed by atoms with Crippen LogP contribution in [0.2, 0.25) is 0 Å². The molecule has 2 aromatic rings. The maximum Gasteiger partial charge on any atom is 0.266 e. The molecule has 2 heterocycles. The van der Waals surface area contributed by atoms with Crippen molar-refractivity contribution in [3.05, 3.63) is 46.8 Å². The lowest BCUT2D eigenvalue weighted by molar-refractivity contribution is 0.216. The van der Waals surface area contributed by atoms with Gasteiger partial charge < -0.3 is 9.64 Å². The molecule has 1 fully saturated rings. The van der Waals surface area contributed by atoms with E-state index in [1.54, 1.807) is 16.8 Å². The number of aromatic nitrogens is 2. The molecule has 0 unspecified atom stereocenters. The normalized spacial score (nSPS) is 15.4. The Morgan fingerprint density at radius 3 is 2.46 bits per heavy atom. The van der Waals surface area contributed by atoms with Crippen LogP contribution >= 0.6 is 0 Å². The molecule has 5 heteroatoms. The average Bonchev–Trinajstić information content (AvgIpc) is 2.63. The first-order valence-electron chi connectivity index (χ1n) is 8.80. The third-order valence-electron chi connectivity index (χ3n) is 4.40. The molecule has 24 heavy (non-hydrogen) atoms. The monoisotopic (exact) mass is 327 g/mol. The van der Waals surface area contributed by atoms with Gasteiger partial charge in [-0.15, -0.1) is 0 Å². The van der Waals surface area contributed by atoms with Gasteiger partial charge in [0.2, 0.25) is 0 Å². The summed E-state index contributed by atoms with van der Waals surface area (Å²) < 4.78 is 7.05. The fourth-order valence-corrected chi connectivity index (χ4v) is 3.07. The quantitative estimate of drug-likeness (QED) is 0.818. The lowest BCUT2D eigenvalue weighted by Gasteiger charge is -2.26. The zero-order chi connectivity index (χ0) is 16.8. The Morgan fingerprint density at radius 2 is 1.75 bits per heavy atom. The van der Waals surface area contributed by atoms with E-state index in [4.69, 9.17) is 4.74 Å². The van der Waals surface area contributed by atoms with Crippen LogP contribution in [0.3, 0.4) is 0 Å². The molecule has 0 saturated carbocycles. The zero-order valence-corrected chi connectivity index (χ0v) is 14.3. The highest BCUT2D eigenvalue weighted by Crippen LogP contribution is 2.19. The topological polar surface area (TPSA) is 47.4 Å². The van der Waals surface area contributed by atoms with Gasteiger partial charge in [-0.3, -0.25) is 4.79 Å². The molecular formula is C19H25N3O2. The van der Waals surface area contributed by atoms with Crippen LogP contribution in [0, 0.1) is 0 Å². The second-order valence-electron chi connectivity index (χ2n) is 6.14. The lowest BCUT2D eigenvalue weighted by Crippen LogP contribution is -2.35. The molecular weight excluding hydrogens is 302 g/mol. The summed E-state index contributed by atoms with van der Waals surface area (Å²) in [5.74, 6) is 0.847. The minimum atomic E-state index is -0.0401. The summed E-state index contributed by atoms with van der Waals surface area (Å²) in [6.07, 6.45) is 3.84. The highest BCUT2D eigenvalue weighted by Gasteiger charge is 2.11. The average molecular weight is 327 g/mol. The Balaban J connectivity index is 1.71. The van der Waals surface area contributed by atoms with E-state index in [0.29, 0.717) is 13.2 Å². The van der Waals surface area contributed by atoms with Gasteiger partial charge in [-0.25, -0.2) is 4.68 Å².